The zero-order valence-corrected chi connectivity index (χ0v) is 19.1. The summed E-state index contributed by atoms with van der Waals surface area (Å²) in [5, 5.41) is 0.767. The van der Waals surface area contributed by atoms with Gasteiger partial charge in [-0.25, -0.2) is 4.98 Å². The van der Waals surface area contributed by atoms with Crippen molar-refractivity contribution in [3.05, 3.63) is 65.3 Å². The molecule has 5 heteroatoms. The second kappa shape index (κ2) is 8.89. The first-order valence-electron chi connectivity index (χ1n) is 11.2. The highest BCUT2D eigenvalue weighted by molar-refractivity contribution is 6.30. The van der Waals surface area contributed by atoms with Crippen molar-refractivity contribution in [1.82, 2.24) is 14.5 Å². The Kier molecular flexibility index (Phi) is 6.24. The molecule has 1 fully saturated rings. The van der Waals surface area contributed by atoms with Crippen molar-refractivity contribution in [2.24, 2.45) is 5.92 Å². The van der Waals surface area contributed by atoms with Crippen LogP contribution in [-0.2, 0) is 13.0 Å². The van der Waals surface area contributed by atoms with Crippen LogP contribution in [0.3, 0.4) is 0 Å². The van der Waals surface area contributed by atoms with Gasteiger partial charge in [-0.2, -0.15) is 0 Å². The Bertz CT molecular complexity index is 921. The van der Waals surface area contributed by atoms with E-state index >= 15 is 0 Å². The first-order chi connectivity index (χ1) is 14.5. The third-order valence-corrected chi connectivity index (χ3v) is 6.79. The lowest BCUT2D eigenvalue weighted by molar-refractivity contribution is 0.348. The van der Waals surface area contributed by atoms with E-state index in [2.05, 4.69) is 53.6 Å². The van der Waals surface area contributed by atoms with Gasteiger partial charge in [0, 0.05) is 31.6 Å². The molecule has 30 heavy (non-hydrogen) atoms. The molecule has 2 aliphatic rings. The standard InChI is InChI=1S/C25H33ClN4/c1-5-15-29-18(2)24-25(28(4)19(29)3)27-23(16-20-9-7-6-8-10-20)30(24)17-21-11-13-22(26)14-12-21/h11-14,20H,2-3,5-10,15-17H2,1,4H3. The van der Waals surface area contributed by atoms with Crippen molar-refractivity contribution in [2.45, 2.75) is 58.4 Å². The number of imidazole rings is 1. The van der Waals surface area contributed by atoms with Gasteiger partial charge in [0.25, 0.3) is 0 Å². The molecular formula is C25H33ClN4. The second-order valence-corrected chi connectivity index (χ2v) is 9.13. The van der Waals surface area contributed by atoms with E-state index in [1.807, 2.05) is 12.1 Å². The smallest absolute Gasteiger partial charge is 0.162 e. The van der Waals surface area contributed by atoms with Crippen molar-refractivity contribution in [3.8, 4) is 0 Å². The Morgan fingerprint density at radius 3 is 2.47 bits per heavy atom. The summed E-state index contributed by atoms with van der Waals surface area (Å²) in [6.45, 7) is 12.7. The topological polar surface area (TPSA) is 24.3 Å². The predicted molar refractivity (Wildman–Crippen MR) is 127 cm³/mol. The summed E-state index contributed by atoms with van der Waals surface area (Å²) in [5.41, 5.74) is 3.36. The third-order valence-electron chi connectivity index (χ3n) is 6.54. The summed E-state index contributed by atoms with van der Waals surface area (Å²) in [6.07, 6.45) is 8.75. The lowest BCUT2D eigenvalue weighted by Crippen LogP contribution is -2.37. The molecule has 0 spiro atoms. The van der Waals surface area contributed by atoms with Gasteiger partial charge in [-0.05, 0) is 30.0 Å². The Labute approximate surface area is 185 Å². The summed E-state index contributed by atoms with van der Waals surface area (Å²) >= 11 is 6.12. The lowest BCUT2D eigenvalue weighted by Gasteiger charge is -2.38. The SMILES string of the molecule is C=C1c2c(nc(CC3CCCCC3)n2Cc2ccc(Cl)cc2)N(C)C(=C)N1CCC. The molecule has 4 rings (SSSR count). The molecule has 0 radical (unpaired) electrons. The number of aromatic nitrogens is 2. The molecule has 0 bridgehead atoms. The van der Waals surface area contributed by atoms with Crippen LogP contribution < -0.4 is 4.90 Å². The molecule has 0 amide bonds. The van der Waals surface area contributed by atoms with Gasteiger partial charge < -0.3 is 14.4 Å². The zero-order chi connectivity index (χ0) is 21.3. The first-order valence-corrected chi connectivity index (χ1v) is 11.6. The number of nitrogens with zero attached hydrogens (tertiary/aromatic N) is 4. The molecule has 4 nitrogen and oxygen atoms in total. The molecule has 2 aromatic rings. The summed E-state index contributed by atoms with van der Waals surface area (Å²) in [4.78, 5) is 9.51. The minimum Gasteiger partial charge on any atom is -0.327 e. The Balaban J connectivity index is 1.76. The van der Waals surface area contributed by atoms with Crippen LogP contribution in [-0.4, -0.2) is 28.0 Å². The summed E-state index contributed by atoms with van der Waals surface area (Å²) in [5.74, 6) is 3.83. The number of fused-ring (bicyclic) bond motifs is 1. The fraction of sp³-hybridized carbons (Fsp3) is 0.480. The molecule has 1 aromatic heterocycles. The van der Waals surface area contributed by atoms with Gasteiger partial charge >= 0.3 is 0 Å². The molecule has 2 heterocycles. The maximum Gasteiger partial charge on any atom is 0.162 e. The summed E-state index contributed by atoms with van der Waals surface area (Å²) in [6, 6.07) is 8.15. The number of anilines is 1. The van der Waals surface area contributed by atoms with Gasteiger partial charge in [-0.1, -0.05) is 75.9 Å². The van der Waals surface area contributed by atoms with Gasteiger partial charge in [0.15, 0.2) is 5.82 Å². The van der Waals surface area contributed by atoms with Crippen LogP contribution in [0.5, 0.6) is 0 Å². The fourth-order valence-electron chi connectivity index (χ4n) is 4.83. The molecule has 0 saturated heterocycles. The molecule has 1 saturated carbocycles. The quantitative estimate of drug-likeness (QED) is 0.542. The molecular weight excluding hydrogens is 392 g/mol. The molecule has 1 aromatic carbocycles. The number of rotatable bonds is 6. The van der Waals surface area contributed by atoms with Crippen LogP contribution in [0.4, 0.5) is 5.82 Å². The van der Waals surface area contributed by atoms with Gasteiger partial charge in [0.2, 0.25) is 0 Å². The Morgan fingerprint density at radius 1 is 1.10 bits per heavy atom. The molecule has 0 atom stereocenters. The van der Waals surface area contributed by atoms with Gasteiger partial charge in [0.05, 0.1) is 5.70 Å². The van der Waals surface area contributed by atoms with Crippen molar-refractivity contribution in [1.29, 1.82) is 0 Å². The Morgan fingerprint density at radius 2 is 1.80 bits per heavy atom. The van der Waals surface area contributed by atoms with Crippen LogP contribution in [0.15, 0.2) is 43.2 Å². The molecule has 160 valence electrons. The van der Waals surface area contributed by atoms with E-state index in [0.717, 1.165) is 59.9 Å². The lowest BCUT2D eigenvalue weighted by atomic mass is 9.87. The van der Waals surface area contributed by atoms with E-state index < -0.39 is 0 Å². The van der Waals surface area contributed by atoms with E-state index in [9.17, 15) is 0 Å². The van der Waals surface area contributed by atoms with Crippen molar-refractivity contribution in [3.63, 3.8) is 0 Å². The predicted octanol–water partition coefficient (Wildman–Crippen LogP) is 6.31. The van der Waals surface area contributed by atoms with Crippen molar-refractivity contribution >= 4 is 23.1 Å². The highest BCUT2D eigenvalue weighted by Crippen LogP contribution is 2.39. The monoisotopic (exact) mass is 424 g/mol. The maximum atomic E-state index is 6.12. The maximum absolute atomic E-state index is 6.12. The largest absolute Gasteiger partial charge is 0.327 e. The van der Waals surface area contributed by atoms with Crippen molar-refractivity contribution in [2.75, 3.05) is 18.5 Å². The average Bonchev–Trinajstić information content (AvgIpc) is 3.10. The van der Waals surface area contributed by atoms with Crippen LogP contribution in [0.25, 0.3) is 5.70 Å². The van der Waals surface area contributed by atoms with E-state index in [1.54, 1.807) is 0 Å². The average molecular weight is 425 g/mol. The third kappa shape index (κ3) is 4.02. The fourth-order valence-corrected chi connectivity index (χ4v) is 4.95. The van der Waals surface area contributed by atoms with Crippen LogP contribution >= 0.6 is 11.6 Å². The van der Waals surface area contributed by atoms with Gasteiger partial charge in [0.1, 0.15) is 17.3 Å². The summed E-state index contributed by atoms with van der Waals surface area (Å²) < 4.78 is 2.39. The van der Waals surface area contributed by atoms with Crippen LogP contribution in [0.1, 0.15) is 62.5 Å². The summed E-state index contributed by atoms with van der Waals surface area (Å²) in [7, 11) is 2.07. The minimum absolute atomic E-state index is 0.722. The zero-order valence-electron chi connectivity index (χ0n) is 18.3. The minimum atomic E-state index is 0.722. The number of hydrogen-bond acceptors (Lipinski definition) is 3. The van der Waals surface area contributed by atoms with E-state index in [-0.39, 0.29) is 0 Å². The Hall–Kier alpha value is -2.20. The molecule has 1 aliphatic heterocycles. The van der Waals surface area contributed by atoms with Gasteiger partial charge in [-0.15, -0.1) is 0 Å². The normalized spacial score (nSPS) is 17.6. The number of benzene rings is 1. The first kappa shape index (κ1) is 21.0. The highest BCUT2D eigenvalue weighted by atomic mass is 35.5. The van der Waals surface area contributed by atoms with Crippen LogP contribution in [0, 0.1) is 5.92 Å². The van der Waals surface area contributed by atoms with E-state index in [4.69, 9.17) is 16.6 Å². The molecule has 0 N–H and O–H groups in total. The van der Waals surface area contributed by atoms with Crippen LogP contribution in [0.2, 0.25) is 5.02 Å². The van der Waals surface area contributed by atoms with E-state index in [1.165, 1.54) is 43.5 Å². The highest BCUT2D eigenvalue weighted by Gasteiger charge is 2.33. The number of halogens is 1. The molecule has 0 unspecified atom stereocenters. The van der Waals surface area contributed by atoms with Gasteiger partial charge in [-0.3, -0.25) is 0 Å². The number of hydrogen-bond donors (Lipinski definition) is 0. The molecule has 1 aliphatic carbocycles. The van der Waals surface area contributed by atoms with E-state index in [0.29, 0.717) is 0 Å². The second-order valence-electron chi connectivity index (χ2n) is 8.69. The van der Waals surface area contributed by atoms with Crippen molar-refractivity contribution < 1.29 is 0 Å².